The van der Waals surface area contributed by atoms with Gasteiger partial charge in [0.1, 0.15) is 12.1 Å². The van der Waals surface area contributed by atoms with Crippen LogP contribution >= 0.6 is 0 Å². The highest BCUT2D eigenvalue weighted by Crippen LogP contribution is 2.38. The Morgan fingerprint density at radius 1 is 1.24 bits per heavy atom. The lowest BCUT2D eigenvalue weighted by Crippen LogP contribution is -2.54. The Labute approximate surface area is 170 Å². The highest BCUT2D eigenvalue weighted by molar-refractivity contribution is 6.09. The summed E-state index contributed by atoms with van der Waals surface area (Å²) in [5.74, 6) is 0.720. The van der Waals surface area contributed by atoms with Crippen molar-refractivity contribution in [3.8, 4) is 11.5 Å². The van der Waals surface area contributed by atoms with Crippen molar-refractivity contribution >= 4 is 17.8 Å². The second kappa shape index (κ2) is 8.71. The summed E-state index contributed by atoms with van der Waals surface area (Å²) in [6.07, 6.45) is 4.09. The first-order chi connectivity index (χ1) is 13.9. The van der Waals surface area contributed by atoms with Crippen molar-refractivity contribution < 1.29 is 23.9 Å². The van der Waals surface area contributed by atoms with E-state index in [1.54, 1.807) is 14.2 Å². The van der Waals surface area contributed by atoms with E-state index in [4.69, 9.17) is 9.47 Å². The van der Waals surface area contributed by atoms with Crippen molar-refractivity contribution in [3.05, 3.63) is 23.8 Å². The number of methoxy groups -OCH3 is 2. The molecule has 1 aliphatic carbocycles. The van der Waals surface area contributed by atoms with Gasteiger partial charge >= 0.3 is 6.03 Å². The third-order valence-electron chi connectivity index (χ3n) is 5.99. The molecule has 0 unspecified atom stereocenters. The number of imide groups is 1. The Balaban J connectivity index is 1.53. The summed E-state index contributed by atoms with van der Waals surface area (Å²) in [6, 6.07) is 5.10. The van der Waals surface area contributed by atoms with Gasteiger partial charge in [-0.3, -0.25) is 14.5 Å². The SMILES string of the molecule is COc1ccc(CCNC(=O)CN2C(=O)N[C@@]3(CCCC[C@H]3C)C2=O)cc1OC. The maximum absolute atomic E-state index is 12.9. The molecule has 3 rings (SSSR count). The maximum atomic E-state index is 12.9. The summed E-state index contributed by atoms with van der Waals surface area (Å²) in [7, 11) is 3.15. The summed E-state index contributed by atoms with van der Waals surface area (Å²) in [5.41, 5.74) is 0.142. The van der Waals surface area contributed by atoms with Crippen molar-refractivity contribution in [2.75, 3.05) is 27.3 Å². The van der Waals surface area contributed by atoms with Crippen LogP contribution in [0.1, 0.15) is 38.2 Å². The standard InChI is InChI=1S/C21H29N3O5/c1-14-6-4-5-10-21(14)19(26)24(20(27)23-21)13-18(25)22-11-9-15-7-8-16(28-2)17(12-15)29-3/h7-8,12,14H,4-6,9-11,13H2,1-3H3,(H,22,25)(H,23,27)/t14-,21-/m1/s1. The van der Waals surface area contributed by atoms with Crippen LogP contribution in [0.5, 0.6) is 11.5 Å². The second-order valence-corrected chi connectivity index (χ2v) is 7.73. The van der Waals surface area contributed by atoms with Crippen LogP contribution in [0.2, 0.25) is 0 Å². The number of nitrogens with one attached hydrogen (secondary N) is 2. The lowest BCUT2D eigenvalue weighted by atomic mass is 9.73. The van der Waals surface area contributed by atoms with Gasteiger partial charge in [0.2, 0.25) is 5.91 Å². The third kappa shape index (κ3) is 4.16. The van der Waals surface area contributed by atoms with Crippen LogP contribution < -0.4 is 20.1 Å². The van der Waals surface area contributed by atoms with Crippen LogP contribution in [-0.4, -0.2) is 55.6 Å². The van der Waals surface area contributed by atoms with E-state index in [2.05, 4.69) is 10.6 Å². The minimum atomic E-state index is -0.838. The van der Waals surface area contributed by atoms with Crippen LogP contribution in [-0.2, 0) is 16.0 Å². The molecule has 1 saturated carbocycles. The predicted molar refractivity (Wildman–Crippen MR) is 107 cm³/mol. The normalized spacial score (nSPS) is 23.8. The number of hydrogen-bond acceptors (Lipinski definition) is 5. The molecule has 1 aromatic rings. The second-order valence-electron chi connectivity index (χ2n) is 7.73. The van der Waals surface area contributed by atoms with Crippen LogP contribution in [0.15, 0.2) is 18.2 Å². The molecule has 1 spiro atoms. The number of hydrogen-bond donors (Lipinski definition) is 2. The van der Waals surface area contributed by atoms with Gasteiger partial charge < -0.3 is 20.1 Å². The molecule has 2 aliphatic rings. The molecular weight excluding hydrogens is 374 g/mol. The van der Waals surface area contributed by atoms with Crippen LogP contribution in [0.3, 0.4) is 0 Å². The largest absolute Gasteiger partial charge is 0.493 e. The highest BCUT2D eigenvalue weighted by atomic mass is 16.5. The van der Waals surface area contributed by atoms with E-state index in [9.17, 15) is 14.4 Å². The number of carbonyl (C=O) groups is 3. The molecule has 0 bridgehead atoms. The van der Waals surface area contributed by atoms with E-state index in [1.165, 1.54) is 0 Å². The molecule has 158 valence electrons. The van der Waals surface area contributed by atoms with Gasteiger partial charge in [0, 0.05) is 6.54 Å². The molecule has 4 amide bonds. The number of nitrogens with zero attached hydrogens (tertiary/aromatic N) is 1. The van der Waals surface area contributed by atoms with Crippen molar-refractivity contribution in [1.29, 1.82) is 0 Å². The quantitative estimate of drug-likeness (QED) is 0.678. The van der Waals surface area contributed by atoms with E-state index >= 15 is 0 Å². The molecule has 2 fully saturated rings. The molecule has 1 heterocycles. The van der Waals surface area contributed by atoms with E-state index in [1.807, 2.05) is 25.1 Å². The molecule has 1 aromatic carbocycles. The average molecular weight is 403 g/mol. The van der Waals surface area contributed by atoms with Crippen molar-refractivity contribution in [1.82, 2.24) is 15.5 Å². The summed E-state index contributed by atoms with van der Waals surface area (Å²) < 4.78 is 10.5. The zero-order valence-electron chi connectivity index (χ0n) is 17.2. The highest BCUT2D eigenvalue weighted by Gasteiger charge is 2.55. The van der Waals surface area contributed by atoms with Gasteiger partial charge in [0.15, 0.2) is 11.5 Å². The van der Waals surface area contributed by atoms with Gasteiger partial charge in [-0.15, -0.1) is 0 Å². The van der Waals surface area contributed by atoms with Crippen molar-refractivity contribution in [2.24, 2.45) is 5.92 Å². The van der Waals surface area contributed by atoms with Crippen LogP contribution in [0, 0.1) is 5.92 Å². The zero-order chi connectivity index (χ0) is 21.0. The summed E-state index contributed by atoms with van der Waals surface area (Å²) in [4.78, 5) is 38.6. The van der Waals surface area contributed by atoms with Crippen LogP contribution in [0.4, 0.5) is 4.79 Å². The Morgan fingerprint density at radius 2 is 2.00 bits per heavy atom. The molecule has 0 aromatic heterocycles. The Kier molecular flexibility index (Phi) is 6.30. The molecule has 0 radical (unpaired) electrons. The topological polar surface area (TPSA) is 97.0 Å². The first kappa shape index (κ1) is 21.0. The Morgan fingerprint density at radius 3 is 2.69 bits per heavy atom. The first-order valence-corrected chi connectivity index (χ1v) is 10.0. The number of amides is 4. The Bertz CT molecular complexity index is 797. The Hall–Kier alpha value is -2.77. The molecule has 8 nitrogen and oxygen atoms in total. The number of rotatable bonds is 7. The minimum absolute atomic E-state index is 0.0748. The summed E-state index contributed by atoms with van der Waals surface area (Å²) >= 11 is 0. The number of carbonyl (C=O) groups excluding carboxylic acids is 3. The van der Waals surface area contributed by atoms with Crippen molar-refractivity contribution in [3.63, 3.8) is 0 Å². The molecule has 2 N–H and O–H groups in total. The van der Waals surface area contributed by atoms with Gasteiger partial charge in [-0.2, -0.15) is 0 Å². The third-order valence-corrected chi connectivity index (χ3v) is 5.99. The summed E-state index contributed by atoms with van der Waals surface area (Å²) in [5, 5.41) is 5.64. The van der Waals surface area contributed by atoms with E-state index in [-0.39, 0.29) is 24.3 Å². The smallest absolute Gasteiger partial charge is 0.325 e. The van der Waals surface area contributed by atoms with E-state index < -0.39 is 11.6 Å². The first-order valence-electron chi connectivity index (χ1n) is 10.0. The summed E-state index contributed by atoms with van der Waals surface area (Å²) in [6.45, 7) is 2.12. The molecule has 1 saturated heterocycles. The van der Waals surface area contributed by atoms with Gasteiger partial charge in [0.05, 0.1) is 14.2 Å². The lowest BCUT2D eigenvalue weighted by molar-refractivity contribution is -0.137. The van der Waals surface area contributed by atoms with Gasteiger partial charge in [-0.25, -0.2) is 4.79 Å². The molecule has 29 heavy (non-hydrogen) atoms. The maximum Gasteiger partial charge on any atom is 0.325 e. The monoisotopic (exact) mass is 403 g/mol. The fraction of sp³-hybridized carbons (Fsp3) is 0.571. The van der Waals surface area contributed by atoms with E-state index in [0.717, 1.165) is 29.7 Å². The molecule has 8 heteroatoms. The lowest BCUT2D eigenvalue weighted by Gasteiger charge is -2.36. The molecular formula is C21H29N3O5. The van der Waals surface area contributed by atoms with Crippen LogP contribution in [0.25, 0.3) is 0 Å². The molecule has 1 aliphatic heterocycles. The number of benzene rings is 1. The zero-order valence-corrected chi connectivity index (χ0v) is 17.2. The molecule has 2 atom stereocenters. The van der Waals surface area contributed by atoms with Gasteiger partial charge in [-0.1, -0.05) is 25.8 Å². The fourth-order valence-corrected chi connectivity index (χ4v) is 4.22. The van der Waals surface area contributed by atoms with Gasteiger partial charge in [0.25, 0.3) is 5.91 Å². The fourth-order valence-electron chi connectivity index (χ4n) is 4.22. The average Bonchev–Trinajstić information content (AvgIpc) is 2.95. The van der Waals surface area contributed by atoms with E-state index in [0.29, 0.717) is 30.9 Å². The van der Waals surface area contributed by atoms with Crippen molar-refractivity contribution in [2.45, 2.75) is 44.6 Å². The predicted octanol–water partition coefficient (Wildman–Crippen LogP) is 1.86. The number of ether oxygens (including phenoxy) is 2. The van der Waals surface area contributed by atoms with Gasteiger partial charge in [-0.05, 0) is 42.9 Å². The number of urea groups is 1. The minimum Gasteiger partial charge on any atom is -0.493 e.